The van der Waals surface area contributed by atoms with E-state index in [2.05, 4.69) is 5.32 Å². The number of imide groups is 1. The molecule has 4 heterocycles. The maximum Gasteiger partial charge on any atom is 0.324 e. The number of hydrogen-bond acceptors (Lipinski definition) is 6. The number of carbonyl (C=O) groups is 3. The lowest BCUT2D eigenvalue weighted by Gasteiger charge is -2.63. The van der Waals surface area contributed by atoms with Gasteiger partial charge in [-0.15, -0.1) is 0 Å². The van der Waals surface area contributed by atoms with Crippen LogP contribution in [0.15, 0.2) is 22.8 Å². The Morgan fingerprint density at radius 3 is 2.96 bits per heavy atom. The molecule has 3 aliphatic heterocycles. The summed E-state index contributed by atoms with van der Waals surface area (Å²) in [5.74, 6) is -0.843. The van der Waals surface area contributed by atoms with Crippen LogP contribution in [-0.4, -0.2) is 42.0 Å². The lowest BCUT2D eigenvalue weighted by atomic mass is 9.46. The van der Waals surface area contributed by atoms with Gasteiger partial charge in [0.1, 0.15) is 17.1 Å². The van der Waals surface area contributed by atoms with Gasteiger partial charge in [0, 0.05) is 24.1 Å². The summed E-state index contributed by atoms with van der Waals surface area (Å²) in [6.45, 7) is 2.75. The van der Waals surface area contributed by atoms with Crippen molar-refractivity contribution in [3.63, 3.8) is 0 Å². The van der Waals surface area contributed by atoms with Gasteiger partial charge in [0.05, 0.1) is 35.6 Å². The molecule has 1 aromatic carbocycles. The third-order valence-electron chi connectivity index (χ3n) is 6.82. The molecule has 144 valence electrons. The number of ether oxygens (including phenoxy) is 2. The first-order chi connectivity index (χ1) is 13.5. The minimum absolute atomic E-state index is 0.344. The predicted octanol–water partition coefficient (Wildman–Crippen LogP) is 2.16. The minimum atomic E-state index is -1.02. The van der Waals surface area contributed by atoms with E-state index in [1.165, 1.54) is 0 Å². The van der Waals surface area contributed by atoms with Gasteiger partial charge in [-0.05, 0) is 25.8 Å². The second kappa shape index (κ2) is 5.06. The predicted molar refractivity (Wildman–Crippen MR) is 94.9 cm³/mol. The number of fused-ring (bicyclic) bond motifs is 3. The van der Waals surface area contributed by atoms with E-state index in [0.717, 1.165) is 23.8 Å². The molecule has 4 aliphatic rings. The Labute approximate surface area is 159 Å². The Balaban J connectivity index is 1.64. The molecule has 0 radical (unpaired) electrons. The number of benzene rings is 1. The highest BCUT2D eigenvalue weighted by atomic mass is 16.5. The summed E-state index contributed by atoms with van der Waals surface area (Å²) in [4.78, 5) is 40.0. The van der Waals surface area contributed by atoms with Crippen molar-refractivity contribution in [1.29, 1.82) is 0 Å². The zero-order valence-corrected chi connectivity index (χ0v) is 15.2. The van der Waals surface area contributed by atoms with Gasteiger partial charge in [-0.25, -0.2) is 4.79 Å². The van der Waals surface area contributed by atoms with Gasteiger partial charge in [-0.2, -0.15) is 0 Å². The Hall–Kier alpha value is -3.03. The third kappa shape index (κ3) is 1.69. The van der Waals surface area contributed by atoms with Crippen LogP contribution in [0.25, 0.3) is 11.0 Å². The average Bonchev–Trinajstić information content (AvgIpc) is 3.11. The number of esters is 1. The van der Waals surface area contributed by atoms with E-state index in [4.69, 9.17) is 13.9 Å². The van der Waals surface area contributed by atoms with E-state index < -0.39 is 29.3 Å². The topological polar surface area (TPSA) is 98.1 Å². The molecule has 1 aliphatic carbocycles. The van der Waals surface area contributed by atoms with Crippen molar-refractivity contribution in [2.75, 3.05) is 13.2 Å². The first-order valence-corrected chi connectivity index (χ1v) is 9.52. The fraction of sp³-hybridized carbons (Fsp3) is 0.450. The molecule has 1 saturated heterocycles. The largest absolute Gasteiger partial charge is 0.492 e. The molecule has 8 heteroatoms. The lowest BCUT2D eigenvalue weighted by molar-refractivity contribution is -0.181. The Morgan fingerprint density at radius 2 is 2.11 bits per heavy atom. The molecule has 8 nitrogen and oxygen atoms in total. The molecule has 1 saturated carbocycles. The zero-order chi connectivity index (χ0) is 19.2. The van der Waals surface area contributed by atoms with Gasteiger partial charge in [0.15, 0.2) is 0 Å². The van der Waals surface area contributed by atoms with Crippen molar-refractivity contribution in [1.82, 2.24) is 10.2 Å². The molecule has 1 N–H and O–H groups in total. The molecule has 0 spiro atoms. The van der Waals surface area contributed by atoms with Crippen LogP contribution in [0, 0.1) is 11.3 Å². The smallest absolute Gasteiger partial charge is 0.324 e. The molecule has 0 unspecified atom stereocenters. The van der Waals surface area contributed by atoms with Crippen LogP contribution in [0.1, 0.15) is 31.2 Å². The number of hydrogen-bond donors (Lipinski definition) is 1. The molecular formula is C20H18N2O6. The maximum absolute atomic E-state index is 12.9. The van der Waals surface area contributed by atoms with Crippen molar-refractivity contribution in [2.45, 2.75) is 31.7 Å². The summed E-state index contributed by atoms with van der Waals surface area (Å²) >= 11 is 0. The molecule has 6 rings (SSSR count). The standard InChI is InChI=1S/C20H18N2O6/c1-20-14-13-12-11(28-17(14)23)8-10-9(4-7-26-10)15(12)27-6-3-2-5-22(16(13)20)19(25)21-18(20)24/h4,7-8,13-14,16H,2-3,5-6H2,1H3,(H,21,24,25)/t13-,14-,16-,20+/m0/s1. The van der Waals surface area contributed by atoms with E-state index in [1.807, 2.05) is 6.07 Å². The van der Waals surface area contributed by atoms with Gasteiger partial charge in [0.2, 0.25) is 5.91 Å². The second-order valence-electron chi connectivity index (χ2n) is 8.11. The van der Waals surface area contributed by atoms with Gasteiger partial charge in [-0.3, -0.25) is 14.9 Å². The number of urea groups is 1. The van der Waals surface area contributed by atoms with Crippen LogP contribution in [0.4, 0.5) is 4.79 Å². The molecule has 1 aromatic heterocycles. The van der Waals surface area contributed by atoms with E-state index in [0.29, 0.717) is 30.2 Å². The highest BCUT2D eigenvalue weighted by Crippen LogP contribution is 2.65. The summed E-state index contributed by atoms with van der Waals surface area (Å²) in [5, 5.41) is 3.25. The van der Waals surface area contributed by atoms with Crippen molar-refractivity contribution >= 4 is 28.9 Å². The van der Waals surface area contributed by atoms with Crippen LogP contribution in [-0.2, 0) is 9.59 Å². The fourth-order valence-electron chi connectivity index (χ4n) is 5.53. The maximum atomic E-state index is 12.9. The van der Waals surface area contributed by atoms with Crippen molar-refractivity contribution in [2.24, 2.45) is 11.3 Å². The Kier molecular flexibility index (Phi) is 2.89. The highest BCUT2D eigenvalue weighted by Gasteiger charge is 2.73. The molecule has 0 bridgehead atoms. The molecule has 4 atom stereocenters. The van der Waals surface area contributed by atoms with Crippen molar-refractivity contribution < 1.29 is 28.3 Å². The second-order valence-corrected chi connectivity index (χ2v) is 8.11. The first-order valence-electron chi connectivity index (χ1n) is 9.52. The van der Waals surface area contributed by atoms with Gasteiger partial charge in [0.25, 0.3) is 0 Å². The fourth-order valence-corrected chi connectivity index (χ4v) is 5.53. The number of nitrogens with zero attached hydrogens (tertiary/aromatic N) is 1. The molecule has 2 fully saturated rings. The van der Waals surface area contributed by atoms with E-state index in [1.54, 1.807) is 24.2 Å². The summed E-state index contributed by atoms with van der Waals surface area (Å²) in [6, 6.07) is 2.73. The van der Waals surface area contributed by atoms with Crippen LogP contribution < -0.4 is 14.8 Å². The monoisotopic (exact) mass is 382 g/mol. The van der Waals surface area contributed by atoms with Crippen molar-refractivity contribution in [3.05, 3.63) is 24.0 Å². The summed E-state index contributed by atoms with van der Waals surface area (Å²) in [5.41, 5.74) is 0.318. The zero-order valence-electron chi connectivity index (χ0n) is 15.2. The van der Waals surface area contributed by atoms with Gasteiger partial charge in [-0.1, -0.05) is 0 Å². The average molecular weight is 382 g/mol. The number of amides is 3. The first kappa shape index (κ1) is 16.0. The molecule has 2 aromatic rings. The summed E-state index contributed by atoms with van der Waals surface area (Å²) in [7, 11) is 0. The molecular weight excluding hydrogens is 364 g/mol. The van der Waals surface area contributed by atoms with Gasteiger partial charge < -0.3 is 18.8 Å². The Morgan fingerprint density at radius 1 is 1.25 bits per heavy atom. The molecule has 3 amide bonds. The van der Waals surface area contributed by atoms with E-state index >= 15 is 0 Å². The number of rotatable bonds is 0. The highest BCUT2D eigenvalue weighted by molar-refractivity contribution is 6.06. The van der Waals surface area contributed by atoms with Crippen LogP contribution in [0.5, 0.6) is 11.5 Å². The van der Waals surface area contributed by atoms with Gasteiger partial charge >= 0.3 is 12.0 Å². The number of nitrogens with one attached hydrogen (secondary N) is 1. The number of furan rings is 1. The summed E-state index contributed by atoms with van der Waals surface area (Å²) in [6.07, 6.45) is 3.08. The SMILES string of the molecule is C[C@@]12C(=O)NC(=O)N3CCCCOc4c5c(cc6occc46)OC(=O)[C@@H]1[C@H]5[C@H]32. The van der Waals surface area contributed by atoms with Crippen LogP contribution in [0.2, 0.25) is 0 Å². The summed E-state index contributed by atoms with van der Waals surface area (Å²) < 4.78 is 17.3. The van der Waals surface area contributed by atoms with E-state index in [9.17, 15) is 14.4 Å². The lowest BCUT2D eigenvalue weighted by Crippen LogP contribution is -2.78. The van der Waals surface area contributed by atoms with Crippen LogP contribution >= 0.6 is 0 Å². The molecule has 28 heavy (non-hydrogen) atoms. The van der Waals surface area contributed by atoms with Crippen LogP contribution in [0.3, 0.4) is 0 Å². The Bertz CT molecular complexity index is 1070. The number of carbonyl (C=O) groups excluding carboxylic acids is 3. The van der Waals surface area contributed by atoms with Crippen molar-refractivity contribution in [3.8, 4) is 11.5 Å². The minimum Gasteiger partial charge on any atom is -0.492 e. The normalized spacial score (nSPS) is 33.4. The third-order valence-corrected chi connectivity index (χ3v) is 6.82. The van der Waals surface area contributed by atoms with E-state index in [-0.39, 0.29) is 11.9 Å². The quantitative estimate of drug-likeness (QED) is 0.554.